The Morgan fingerprint density at radius 3 is 2.17 bits per heavy atom. The van der Waals surface area contributed by atoms with Crippen LogP contribution in [0.2, 0.25) is 0 Å². The minimum absolute atomic E-state index is 0.670. The monoisotopic (exact) mass is 169 g/mol. The molecule has 12 heavy (non-hydrogen) atoms. The maximum absolute atomic E-state index is 3.62. The molecule has 1 rings (SSSR count). The minimum atomic E-state index is 0.670. The van der Waals surface area contributed by atoms with Crippen molar-refractivity contribution < 1.29 is 0 Å². The van der Waals surface area contributed by atoms with Gasteiger partial charge in [0.25, 0.3) is 0 Å². The van der Waals surface area contributed by atoms with Gasteiger partial charge in [-0.25, -0.2) is 0 Å². The van der Waals surface area contributed by atoms with Crippen molar-refractivity contribution in [2.45, 2.75) is 53.0 Å². The lowest BCUT2D eigenvalue weighted by Gasteiger charge is -2.22. The van der Waals surface area contributed by atoms with Crippen molar-refractivity contribution in [1.82, 2.24) is 5.32 Å². The molecule has 72 valence electrons. The summed E-state index contributed by atoms with van der Waals surface area (Å²) in [6.07, 6.45) is 4.12. The smallest absolute Gasteiger partial charge is 0.00363 e. The fraction of sp³-hybridized carbons (Fsp3) is 1.00. The summed E-state index contributed by atoms with van der Waals surface area (Å²) >= 11 is 0. The Balaban J connectivity index is 2.22. The first-order chi connectivity index (χ1) is 5.60. The Hall–Kier alpha value is -0.0400. The molecule has 0 bridgehead atoms. The quantitative estimate of drug-likeness (QED) is 0.667. The molecule has 0 aromatic heterocycles. The van der Waals surface area contributed by atoms with Crippen LogP contribution in [-0.2, 0) is 0 Å². The highest BCUT2D eigenvalue weighted by Crippen LogP contribution is 2.51. The highest BCUT2D eigenvalue weighted by atomic mass is 14.9. The van der Waals surface area contributed by atoms with E-state index in [1.165, 1.54) is 25.8 Å². The molecule has 1 N–H and O–H groups in total. The summed E-state index contributed by atoms with van der Waals surface area (Å²) in [6, 6.07) is 0.696. The van der Waals surface area contributed by atoms with Crippen molar-refractivity contribution in [2.75, 3.05) is 6.54 Å². The van der Waals surface area contributed by atoms with Gasteiger partial charge < -0.3 is 5.32 Å². The molecule has 1 unspecified atom stereocenters. The molecule has 1 fully saturated rings. The number of hydrogen-bond acceptors (Lipinski definition) is 1. The van der Waals surface area contributed by atoms with Crippen LogP contribution in [0.4, 0.5) is 0 Å². The van der Waals surface area contributed by atoms with Crippen LogP contribution in [0.3, 0.4) is 0 Å². The van der Waals surface area contributed by atoms with Crippen molar-refractivity contribution in [3.63, 3.8) is 0 Å². The van der Waals surface area contributed by atoms with Gasteiger partial charge in [0.05, 0.1) is 0 Å². The van der Waals surface area contributed by atoms with Crippen LogP contribution < -0.4 is 5.32 Å². The predicted octanol–water partition coefficient (Wildman–Crippen LogP) is 2.81. The fourth-order valence-electron chi connectivity index (χ4n) is 1.64. The fourth-order valence-corrected chi connectivity index (χ4v) is 1.64. The van der Waals surface area contributed by atoms with Crippen LogP contribution in [0.15, 0.2) is 0 Å². The van der Waals surface area contributed by atoms with Crippen LogP contribution in [-0.4, -0.2) is 12.6 Å². The van der Waals surface area contributed by atoms with Gasteiger partial charge in [-0.1, -0.05) is 20.8 Å². The number of hydrogen-bond donors (Lipinski definition) is 1. The van der Waals surface area contributed by atoms with Gasteiger partial charge in [0.1, 0.15) is 0 Å². The molecule has 0 spiro atoms. The summed E-state index contributed by atoms with van der Waals surface area (Å²) in [5.74, 6) is 0.856. The first-order valence-electron chi connectivity index (χ1n) is 5.34. The normalized spacial score (nSPS) is 22.8. The topological polar surface area (TPSA) is 12.0 Å². The maximum Gasteiger partial charge on any atom is 0.00363 e. The second kappa shape index (κ2) is 3.78. The summed E-state index contributed by atoms with van der Waals surface area (Å²) < 4.78 is 0. The van der Waals surface area contributed by atoms with Crippen LogP contribution in [0.25, 0.3) is 0 Å². The summed E-state index contributed by atoms with van der Waals surface area (Å²) in [5, 5.41) is 3.62. The van der Waals surface area contributed by atoms with Gasteiger partial charge in [-0.2, -0.15) is 0 Å². The Morgan fingerprint density at radius 2 is 1.83 bits per heavy atom. The lowest BCUT2D eigenvalue weighted by atomic mass is 9.92. The van der Waals surface area contributed by atoms with Gasteiger partial charge in [0.2, 0.25) is 0 Å². The van der Waals surface area contributed by atoms with Gasteiger partial charge in [-0.05, 0) is 37.5 Å². The Bertz CT molecular complexity index is 136. The van der Waals surface area contributed by atoms with E-state index in [0.29, 0.717) is 11.5 Å². The van der Waals surface area contributed by atoms with Crippen molar-refractivity contribution >= 4 is 0 Å². The third kappa shape index (κ3) is 2.22. The molecule has 1 saturated carbocycles. The zero-order valence-electron chi connectivity index (χ0n) is 8.98. The first-order valence-corrected chi connectivity index (χ1v) is 5.34. The van der Waals surface area contributed by atoms with Crippen LogP contribution >= 0.6 is 0 Å². The zero-order chi connectivity index (χ0) is 9.19. The number of nitrogens with one attached hydrogen (secondary N) is 1. The van der Waals surface area contributed by atoms with E-state index >= 15 is 0 Å². The van der Waals surface area contributed by atoms with E-state index in [9.17, 15) is 0 Å². The minimum Gasteiger partial charge on any atom is -0.314 e. The van der Waals surface area contributed by atoms with E-state index in [0.717, 1.165) is 5.92 Å². The molecule has 1 atom stereocenters. The molecule has 0 aromatic rings. The van der Waals surface area contributed by atoms with Crippen LogP contribution in [0.5, 0.6) is 0 Å². The van der Waals surface area contributed by atoms with E-state index < -0.39 is 0 Å². The molecule has 1 aliphatic rings. The Kier molecular flexibility index (Phi) is 3.16. The van der Waals surface area contributed by atoms with Crippen LogP contribution in [0.1, 0.15) is 47.0 Å². The van der Waals surface area contributed by atoms with Gasteiger partial charge in [-0.15, -0.1) is 0 Å². The molecule has 1 aliphatic carbocycles. The average molecular weight is 169 g/mol. The maximum atomic E-state index is 3.62. The molecular weight excluding hydrogens is 146 g/mol. The van der Waals surface area contributed by atoms with Crippen molar-refractivity contribution in [1.29, 1.82) is 0 Å². The largest absolute Gasteiger partial charge is 0.314 e. The Morgan fingerprint density at radius 1 is 1.25 bits per heavy atom. The van der Waals surface area contributed by atoms with Gasteiger partial charge in [0.15, 0.2) is 0 Å². The summed E-state index contributed by atoms with van der Waals surface area (Å²) in [7, 11) is 0. The van der Waals surface area contributed by atoms with E-state index in [1.807, 2.05) is 0 Å². The van der Waals surface area contributed by atoms with Crippen molar-refractivity contribution in [3.8, 4) is 0 Å². The summed E-state index contributed by atoms with van der Waals surface area (Å²) in [5.41, 5.74) is 0.670. The highest BCUT2D eigenvalue weighted by molar-refractivity contribution is 4.97. The standard InChI is InChI=1S/C11H23N/c1-5-10(4)12-8-11(6-7-11)9(2)3/h9-10,12H,5-8H2,1-4H3. The van der Waals surface area contributed by atoms with Gasteiger partial charge in [0, 0.05) is 12.6 Å². The highest BCUT2D eigenvalue weighted by Gasteiger charge is 2.44. The third-order valence-corrected chi connectivity index (χ3v) is 3.53. The predicted molar refractivity (Wildman–Crippen MR) is 54.3 cm³/mol. The second-order valence-corrected chi connectivity index (χ2v) is 4.71. The van der Waals surface area contributed by atoms with Crippen molar-refractivity contribution in [2.24, 2.45) is 11.3 Å². The van der Waals surface area contributed by atoms with Crippen molar-refractivity contribution in [3.05, 3.63) is 0 Å². The first kappa shape index (κ1) is 10.0. The molecule has 0 amide bonds. The summed E-state index contributed by atoms with van der Waals surface area (Å²) in [4.78, 5) is 0. The van der Waals surface area contributed by atoms with E-state index in [-0.39, 0.29) is 0 Å². The van der Waals surface area contributed by atoms with Gasteiger partial charge >= 0.3 is 0 Å². The van der Waals surface area contributed by atoms with E-state index in [1.54, 1.807) is 0 Å². The Labute approximate surface area is 76.9 Å². The summed E-state index contributed by atoms with van der Waals surface area (Å²) in [6.45, 7) is 10.5. The third-order valence-electron chi connectivity index (χ3n) is 3.53. The average Bonchev–Trinajstić information content (AvgIpc) is 2.81. The molecule has 0 heterocycles. The molecule has 0 saturated heterocycles. The van der Waals surface area contributed by atoms with Gasteiger partial charge in [-0.3, -0.25) is 0 Å². The zero-order valence-corrected chi connectivity index (χ0v) is 8.98. The molecule has 1 heteroatoms. The second-order valence-electron chi connectivity index (χ2n) is 4.71. The van der Waals surface area contributed by atoms with E-state index in [4.69, 9.17) is 0 Å². The molecular formula is C11H23N. The van der Waals surface area contributed by atoms with E-state index in [2.05, 4.69) is 33.0 Å². The lowest BCUT2D eigenvalue weighted by molar-refractivity contribution is 0.322. The molecule has 0 radical (unpaired) electrons. The SMILES string of the molecule is CCC(C)NCC1(C(C)C)CC1. The number of rotatable bonds is 5. The van der Waals surface area contributed by atoms with Crippen LogP contribution in [0, 0.1) is 11.3 Å². The molecule has 1 nitrogen and oxygen atoms in total. The lowest BCUT2D eigenvalue weighted by Crippen LogP contribution is -2.33. The molecule has 0 aromatic carbocycles. The molecule has 0 aliphatic heterocycles.